The number of amides is 2. The van der Waals surface area contributed by atoms with E-state index >= 15 is 0 Å². The van der Waals surface area contributed by atoms with Crippen molar-refractivity contribution in [1.82, 2.24) is 4.90 Å². The number of nitrogens with one attached hydrogen (secondary N) is 1. The second-order valence-electron chi connectivity index (χ2n) is 4.19. The van der Waals surface area contributed by atoms with Crippen molar-refractivity contribution in [2.45, 2.75) is 6.92 Å². The van der Waals surface area contributed by atoms with Crippen molar-refractivity contribution in [3.63, 3.8) is 0 Å². The van der Waals surface area contributed by atoms with E-state index in [9.17, 15) is 9.59 Å². The minimum atomic E-state index is -0.195. The van der Waals surface area contributed by atoms with Gasteiger partial charge in [0.25, 0.3) is 0 Å². The van der Waals surface area contributed by atoms with Gasteiger partial charge in [-0.25, -0.2) is 0 Å². The van der Waals surface area contributed by atoms with Crippen molar-refractivity contribution >= 4 is 35.0 Å². The van der Waals surface area contributed by atoms with Crippen LogP contribution < -0.4 is 11.1 Å². The third-order valence-corrected chi connectivity index (χ3v) is 3.64. The van der Waals surface area contributed by atoms with E-state index in [0.717, 1.165) is 5.56 Å². The quantitative estimate of drug-likeness (QED) is 0.801. The van der Waals surface area contributed by atoms with Gasteiger partial charge in [0, 0.05) is 11.4 Å². The van der Waals surface area contributed by atoms with Crippen LogP contribution in [-0.2, 0) is 9.59 Å². The first-order valence-electron chi connectivity index (χ1n) is 5.58. The van der Waals surface area contributed by atoms with Crippen LogP contribution in [0.15, 0.2) is 18.2 Å². The molecule has 0 atom stereocenters. The number of nitrogens with zero attached hydrogens (tertiary/aromatic N) is 1. The highest BCUT2D eigenvalue weighted by Crippen LogP contribution is 2.19. The van der Waals surface area contributed by atoms with Gasteiger partial charge in [-0.05, 0) is 24.6 Å². The SMILES string of the molecule is Cc1ccc(N)cc1NC(=O)CN1CSCC1=O. The molecular formula is C12H15N3O2S. The Morgan fingerprint density at radius 3 is 3.00 bits per heavy atom. The Morgan fingerprint density at radius 1 is 1.56 bits per heavy atom. The number of anilines is 2. The number of hydrogen-bond donors (Lipinski definition) is 2. The molecule has 18 heavy (non-hydrogen) atoms. The van der Waals surface area contributed by atoms with E-state index in [4.69, 9.17) is 5.73 Å². The molecule has 1 saturated heterocycles. The maximum Gasteiger partial charge on any atom is 0.244 e. The van der Waals surface area contributed by atoms with E-state index in [2.05, 4.69) is 5.32 Å². The molecule has 0 aromatic heterocycles. The number of thioether (sulfide) groups is 1. The molecule has 2 rings (SSSR count). The van der Waals surface area contributed by atoms with Gasteiger partial charge < -0.3 is 16.0 Å². The number of hydrogen-bond acceptors (Lipinski definition) is 4. The summed E-state index contributed by atoms with van der Waals surface area (Å²) < 4.78 is 0. The largest absolute Gasteiger partial charge is 0.399 e. The molecule has 1 aliphatic heterocycles. The second kappa shape index (κ2) is 5.30. The summed E-state index contributed by atoms with van der Waals surface area (Å²) in [5.74, 6) is 0.867. The number of benzene rings is 1. The Hall–Kier alpha value is -1.69. The lowest BCUT2D eigenvalue weighted by atomic mass is 10.2. The molecule has 0 bridgehead atoms. The summed E-state index contributed by atoms with van der Waals surface area (Å²) in [4.78, 5) is 24.8. The van der Waals surface area contributed by atoms with Crippen molar-refractivity contribution in [3.05, 3.63) is 23.8 Å². The first-order chi connectivity index (χ1) is 8.56. The average molecular weight is 265 g/mol. The standard InChI is InChI=1S/C12H15N3O2S/c1-8-2-3-9(13)4-10(8)14-11(16)5-15-7-18-6-12(15)17/h2-4H,5-7,13H2,1H3,(H,14,16). The van der Waals surface area contributed by atoms with Gasteiger partial charge >= 0.3 is 0 Å². The van der Waals surface area contributed by atoms with Crippen molar-refractivity contribution in [2.24, 2.45) is 0 Å². The van der Waals surface area contributed by atoms with Crippen LogP contribution >= 0.6 is 11.8 Å². The third-order valence-electron chi connectivity index (χ3n) is 2.70. The predicted octanol–water partition coefficient (Wildman–Crippen LogP) is 1.05. The Bertz CT molecular complexity index is 490. The zero-order chi connectivity index (χ0) is 13.1. The van der Waals surface area contributed by atoms with Crippen LogP contribution in [0.3, 0.4) is 0 Å². The zero-order valence-electron chi connectivity index (χ0n) is 10.1. The fourth-order valence-corrected chi connectivity index (χ4v) is 2.58. The Balaban J connectivity index is 1.98. The van der Waals surface area contributed by atoms with Crippen LogP contribution in [0.25, 0.3) is 0 Å². The highest BCUT2D eigenvalue weighted by atomic mass is 32.2. The molecule has 1 aromatic carbocycles. The molecule has 96 valence electrons. The van der Waals surface area contributed by atoms with Crippen LogP contribution in [0.5, 0.6) is 0 Å². The number of carbonyl (C=O) groups excluding carboxylic acids is 2. The summed E-state index contributed by atoms with van der Waals surface area (Å²) in [6.45, 7) is 1.99. The zero-order valence-corrected chi connectivity index (χ0v) is 10.9. The van der Waals surface area contributed by atoms with E-state index in [0.29, 0.717) is 23.0 Å². The lowest BCUT2D eigenvalue weighted by Crippen LogP contribution is -2.34. The number of nitrogen functional groups attached to an aromatic ring is 1. The van der Waals surface area contributed by atoms with E-state index < -0.39 is 0 Å². The molecule has 1 aliphatic rings. The molecule has 0 spiro atoms. The second-order valence-corrected chi connectivity index (χ2v) is 5.15. The normalized spacial score (nSPS) is 14.9. The van der Waals surface area contributed by atoms with Crippen LogP contribution in [-0.4, -0.2) is 34.9 Å². The van der Waals surface area contributed by atoms with Gasteiger partial charge in [0.2, 0.25) is 11.8 Å². The van der Waals surface area contributed by atoms with Gasteiger partial charge in [-0.15, -0.1) is 11.8 Å². The van der Waals surface area contributed by atoms with Gasteiger partial charge in [0.05, 0.1) is 11.6 Å². The fourth-order valence-electron chi connectivity index (χ4n) is 1.68. The van der Waals surface area contributed by atoms with Gasteiger partial charge in [-0.3, -0.25) is 9.59 Å². The smallest absolute Gasteiger partial charge is 0.244 e. The number of carbonyl (C=O) groups is 2. The molecule has 5 nitrogen and oxygen atoms in total. The van der Waals surface area contributed by atoms with Crippen molar-refractivity contribution in [3.8, 4) is 0 Å². The summed E-state index contributed by atoms with van der Waals surface area (Å²) in [5, 5.41) is 2.78. The summed E-state index contributed by atoms with van der Waals surface area (Å²) in [5.41, 5.74) is 7.91. The molecule has 2 amide bonds. The summed E-state index contributed by atoms with van der Waals surface area (Å²) in [7, 11) is 0. The Morgan fingerprint density at radius 2 is 2.33 bits per heavy atom. The minimum Gasteiger partial charge on any atom is -0.399 e. The monoisotopic (exact) mass is 265 g/mol. The highest BCUT2D eigenvalue weighted by molar-refractivity contribution is 8.00. The third kappa shape index (κ3) is 2.95. The van der Waals surface area contributed by atoms with Gasteiger partial charge in [0.15, 0.2) is 0 Å². The summed E-state index contributed by atoms with van der Waals surface area (Å²) in [6, 6.07) is 5.35. The van der Waals surface area contributed by atoms with E-state index in [1.54, 1.807) is 17.0 Å². The Kier molecular flexibility index (Phi) is 3.76. The number of aryl methyl sites for hydroxylation is 1. The lowest BCUT2D eigenvalue weighted by Gasteiger charge is -2.15. The molecule has 6 heteroatoms. The van der Waals surface area contributed by atoms with Gasteiger partial charge in [0.1, 0.15) is 6.54 Å². The molecule has 0 radical (unpaired) electrons. The summed E-state index contributed by atoms with van der Waals surface area (Å²) in [6.07, 6.45) is 0. The molecule has 0 unspecified atom stereocenters. The molecule has 0 aliphatic carbocycles. The average Bonchev–Trinajstić information content (AvgIpc) is 2.70. The van der Waals surface area contributed by atoms with Crippen molar-refractivity contribution < 1.29 is 9.59 Å². The Labute approximate surface area is 110 Å². The minimum absolute atomic E-state index is 0.0134. The molecule has 3 N–H and O–H groups in total. The number of rotatable bonds is 3. The van der Waals surface area contributed by atoms with E-state index in [-0.39, 0.29) is 18.4 Å². The first-order valence-corrected chi connectivity index (χ1v) is 6.73. The van der Waals surface area contributed by atoms with Crippen molar-refractivity contribution in [1.29, 1.82) is 0 Å². The van der Waals surface area contributed by atoms with Crippen LogP contribution in [0, 0.1) is 6.92 Å². The van der Waals surface area contributed by atoms with E-state index in [1.807, 2.05) is 13.0 Å². The van der Waals surface area contributed by atoms with Crippen LogP contribution in [0.4, 0.5) is 11.4 Å². The van der Waals surface area contributed by atoms with Crippen LogP contribution in [0.1, 0.15) is 5.56 Å². The summed E-state index contributed by atoms with van der Waals surface area (Å²) >= 11 is 1.52. The maximum absolute atomic E-state index is 11.8. The predicted molar refractivity (Wildman–Crippen MR) is 73.3 cm³/mol. The fraction of sp³-hybridized carbons (Fsp3) is 0.333. The van der Waals surface area contributed by atoms with Crippen molar-refractivity contribution in [2.75, 3.05) is 29.2 Å². The highest BCUT2D eigenvalue weighted by Gasteiger charge is 2.22. The number of nitrogens with two attached hydrogens (primary N) is 1. The first kappa shape index (κ1) is 12.8. The van der Waals surface area contributed by atoms with Crippen LogP contribution in [0.2, 0.25) is 0 Å². The molecule has 1 heterocycles. The lowest BCUT2D eigenvalue weighted by molar-refractivity contribution is -0.130. The molecule has 1 aromatic rings. The van der Waals surface area contributed by atoms with E-state index in [1.165, 1.54) is 11.8 Å². The molecule has 1 fully saturated rings. The molecule has 0 saturated carbocycles. The van der Waals surface area contributed by atoms with Gasteiger partial charge in [-0.1, -0.05) is 6.07 Å². The maximum atomic E-state index is 11.8. The molecular weight excluding hydrogens is 250 g/mol. The topological polar surface area (TPSA) is 75.4 Å². The van der Waals surface area contributed by atoms with Gasteiger partial charge in [-0.2, -0.15) is 0 Å².